The third kappa shape index (κ3) is 7.71. The van der Waals surface area contributed by atoms with Crippen LogP contribution in [0.5, 0.6) is 0 Å². The van der Waals surface area contributed by atoms with Gasteiger partial charge in [0.15, 0.2) is 0 Å². The molecule has 1 rings (SSSR count). The molecule has 3 heteroatoms. The summed E-state index contributed by atoms with van der Waals surface area (Å²) in [5, 5.41) is 10.4. The largest absolute Gasteiger partial charge is 0.402 e. The molecule has 0 aromatic heterocycles. The van der Waals surface area contributed by atoms with Gasteiger partial charge in [0.1, 0.15) is 0 Å². The van der Waals surface area contributed by atoms with Gasteiger partial charge in [-0.25, -0.2) is 0 Å². The lowest BCUT2D eigenvalue weighted by Crippen LogP contribution is -2.16. The van der Waals surface area contributed by atoms with Crippen molar-refractivity contribution in [1.29, 1.82) is 0 Å². The summed E-state index contributed by atoms with van der Waals surface area (Å²) in [7, 11) is 0. The third-order valence-electron chi connectivity index (χ3n) is 5.19. The first-order valence-corrected chi connectivity index (χ1v) is 10.6. The first kappa shape index (κ1) is 25.8. The third-order valence-corrected chi connectivity index (χ3v) is 5.54. The Morgan fingerprint density at radius 1 is 1.15 bits per heavy atom. The van der Waals surface area contributed by atoms with E-state index in [-0.39, 0.29) is 18.4 Å². The summed E-state index contributed by atoms with van der Waals surface area (Å²) in [5.41, 5.74) is 11.4. The minimum absolute atomic E-state index is 0.116. The second-order valence-electron chi connectivity index (χ2n) is 7.40. The van der Waals surface area contributed by atoms with Crippen LogP contribution in [-0.4, -0.2) is 11.7 Å². The van der Waals surface area contributed by atoms with E-state index in [4.69, 9.17) is 17.3 Å². The molecule has 154 valence electrons. The van der Waals surface area contributed by atoms with Gasteiger partial charge >= 0.3 is 0 Å². The zero-order valence-electron chi connectivity index (χ0n) is 18.2. The average Bonchev–Trinajstić information content (AvgIpc) is 2.65. The van der Waals surface area contributed by atoms with Gasteiger partial charge in [-0.15, -0.1) is 0 Å². The Balaban J connectivity index is 0.00000326. The first-order valence-electron chi connectivity index (χ1n) is 10.2. The second kappa shape index (κ2) is 13.0. The van der Waals surface area contributed by atoms with Gasteiger partial charge in [0.05, 0.1) is 0 Å². The standard InChI is InChI=1S/C22H34ClNO.C2H6/c1-7-8-20-19(16(4)13-25)9-10-22(23)21(20)12-14(2)11-15(3)17(5)18(6)24;1-2/h9-10,15-17,25H,2,6-8,11-13,24H2,1,3-5H3;1-2H3/t15-,16?,17+;/m1./s1. The minimum Gasteiger partial charge on any atom is -0.402 e. The molecule has 0 heterocycles. The molecule has 3 atom stereocenters. The van der Waals surface area contributed by atoms with E-state index < -0.39 is 0 Å². The van der Waals surface area contributed by atoms with E-state index >= 15 is 0 Å². The van der Waals surface area contributed by atoms with Crippen molar-refractivity contribution in [3.63, 3.8) is 0 Å². The number of benzene rings is 1. The lowest BCUT2D eigenvalue weighted by atomic mass is 9.84. The summed E-state index contributed by atoms with van der Waals surface area (Å²) in [5.74, 6) is 0.784. The zero-order chi connectivity index (χ0) is 21.1. The molecule has 0 aliphatic carbocycles. The molecular formula is C24H40ClNO. The predicted octanol–water partition coefficient (Wildman–Crippen LogP) is 6.65. The van der Waals surface area contributed by atoms with Gasteiger partial charge in [-0.2, -0.15) is 0 Å². The molecule has 0 saturated carbocycles. The normalized spacial score (nSPS) is 13.9. The van der Waals surface area contributed by atoms with Gasteiger partial charge in [0, 0.05) is 23.2 Å². The van der Waals surface area contributed by atoms with E-state index in [1.165, 1.54) is 11.1 Å². The lowest BCUT2D eigenvalue weighted by Gasteiger charge is -2.23. The molecule has 0 fully saturated rings. The number of allylic oxidation sites excluding steroid dienone is 2. The highest BCUT2D eigenvalue weighted by molar-refractivity contribution is 6.31. The number of aliphatic hydroxyl groups excluding tert-OH is 1. The van der Waals surface area contributed by atoms with Crippen LogP contribution in [0.15, 0.2) is 36.6 Å². The predicted molar refractivity (Wildman–Crippen MR) is 121 cm³/mol. The van der Waals surface area contributed by atoms with Gasteiger partial charge in [-0.3, -0.25) is 0 Å². The summed E-state index contributed by atoms with van der Waals surface area (Å²) >= 11 is 6.54. The molecule has 3 N–H and O–H groups in total. The number of nitrogens with two attached hydrogens (primary N) is 1. The van der Waals surface area contributed by atoms with E-state index in [2.05, 4.69) is 46.9 Å². The molecule has 1 aromatic carbocycles. The molecule has 27 heavy (non-hydrogen) atoms. The molecule has 0 aliphatic rings. The molecule has 0 radical (unpaired) electrons. The number of aliphatic hydroxyl groups is 1. The molecule has 0 saturated heterocycles. The minimum atomic E-state index is 0.116. The molecule has 1 aromatic rings. The Morgan fingerprint density at radius 3 is 2.22 bits per heavy atom. The highest BCUT2D eigenvalue weighted by atomic mass is 35.5. The van der Waals surface area contributed by atoms with Gasteiger partial charge in [0.25, 0.3) is 0 Å². The van der Waals surface area contributed by atoms with Crippen LogP contribution in [0.25, 0.3) is 0 Å². The van der Waals surface area contributed by atoms with Crippen molar-refractivity contribution in [2.24, 2.45) is 17.6 Å². The maximum absolute atomic E-state index is 9.58. The van der Waals surface area contributed by atoms with E-state index in [1.54, 1.807) is 0 Å². The number of rotatable bonds is 10. The summed E-state index contributed by atoms with van der Waals surface area (Å²) in [6.07, 6.45) is 3.69. The molecular weight excluding hydrogens is 354 g/mol. The summed E-state index contributed by atoms with van der Waals surface area (Å²) < 4.78 is 0. The van der Waals surface area contributed by atoms with Crippen LogP contribution in [0.3, 0.4) is 0 Å². The maximum Gasteiger partial charge on any atom is 0.0497 e. The van der Waals surface area contributed by atoms with E-state index in [9.17, 15) is 5.11 Å². The fourth-order valence-corrected chi connectivity index (χ4v) is 3.54. The zero-order valence-corrected chi connectivity index (χ0v) is 19.0. The number of hydrogen-bond acceptors (Lipinski definition) is 2. The average molecular weight is 394 g/mol. The van der Waals surface area contributed by atoms with Crippen molar-refractivity contribution in [2.75, 3.05) is 6.61 Å². The Morgan fingerprint density at radius 2 is 1.74 bits per heavy atom. The van der Waals surface area contributed by atoms with Gasteiger partial charge in [0.2, 0.25) is 0 Å². The summed E-state index contributed by atoms with van der Waals surface area (Å²) in [6, 6.07) is 4.02. The van der Waals surface area contributed by atoms with E-state index in [0.29, 0.717) is 5.92 Å². The van der Waals surface area contributed by atoms with Crippen LogP contribution in [0.2, 0.25) is 5.02 Å². The van der Waals surface area contributed by atoms with E-state index in [1.807, 2.05) is 19.9 Å². The van der Waals surface area contributed by atoms with E-state index in [0.717, 1.165) is 47.5 Å². The van der Waals surface area contributed by atoms with Gasteiger partial charge in [-0.1, -0.05) is 84.4 Å². The molecule has 0 spiro atoms. The number of hydrogen-bond donors (Lipinski definition) is 2. The SMILES string of the molecule is C=C(Cc1c(Cl)ccc(C(C)CO)c1CCC)C[C@@H](C)[C@H](C)C(=C)N.CC. The van der Waals surface area contributed by atoms with Crippen molar-refractivity contribution in [1.82, 2.24) is 0 Å². The lowest BCUT2D eigenvalue weighted by molar-refractivity contribution is 0.272. The Hall–Kier alpha value is -1.25. The smallest absolute Gasteiger partial charge is 0.0497 e. The molecule has 1 unspecified atom stereocenters. The fraction of sp³-hybridized carbons (Fsp3) is 0.583. The van der Waals surface area contributed by atoms with Gasteiger partial charge in [-0.05, 0) is 53.9 Å². The van der Waals surface area contributed by atoms with Crippen LogP contribution >= 0.6 is 11.6 Å². The molecule has 2 nitrogen and oxygen atoms in total. The summed E-state index contributed by atoms with van der Waals surface area (Å²) in [4.78, 5) is 0. The maximum atomic E-state index is 9.58. The first-order chi connectivity index (χ1) is 12.7. The molecule has 0 bridgehead atoms. The molecule has 0 amide bonds. The highest BCUT2D eigenvalue weighted by Gasteiger charge is 2.19. The van der Waals surface area contributed by atoms with Crippen molar-refractivity contribution < 1.29 is 5.11 Å². The van der Waals surface area contributed by atoms with Crippen LogP contribution < -0.4 is 5.73 Å². The highest BCUT2D eigenvalue weighted by Crippen LogP contribution is 2.33. The fourth-order valence-electron chi connectivity index (χ4n) is 3.30. The Labute approximate surface area is 172 Å². The van der Waals surface area contributed by atoms with Crippen LogP contribution in [-0.2, 0) is 12.8 Å². The van der Waals surface area contributed by atoms with Crippen molar-refractivity contribution in [2.45, 2.75) is 73.1 Å². The molecule has 0 aliphatic heterocycles. The van der Waals surface area contributed by atoms with Crippen LogP contribution in [0.1, 0.15) is 77.0 Å². The van der Waals surface area contributed by atoms with Crippen LogP contribution in [0, 0.1) is 11.8 Å². The topological polar surface area (TPSA) is 46.2 Å². The Kier molecular flexibility index (Phi) is 12.4. The number of halogens is 1. The second-order valence-corrected chi connectivity index (χ2v) is 7.81. The quantitative estimate of drug-likeness (QED) is 0.437. The van der Waals surface area contributed by atoms with Crippen LogP contribution in [0.4, 0.5) is 0 Å². The summed E-state index contributed by atoms with van der Waals surface area (Å²) in [6.45, 7) is 20.8. The van der Waals surface area contributed by atoms with Crippen molar-refractivity contribution >= 4 is 11.6 Å². The van der Waals surface area contributed by atoms with Crippen molar-refractivity contribution in [3.8, 4) is 0 Å². The Bertz CT molecular complexity index is 609. The monoisotopic (exact) mass is 393 g/mol. The van der Waals surface area contributed by atoms with Gasteiger partial charge < -0.3 is 10.8 Å². The van der Waals surface area contributed by atoms with Crippen molar-refractivity contribution in [3.05, 3.63) is 58.3 Å².